The molecule has 2 rings (SSSR count). The molecule has 0 bridgehead atoms. The summed E-state index contributed by atoms with van der Waals surface area (Å²) in [5.41, 5.74) is 12.7. The Hall–Kier alpha value is -1.50. The number of nitrogens with zero attached hydrogens (tertiary/aromatic N) is 3. The number of nitrogens with two attached hydrogens (primary N) is 2. The summed E-state index contributed by atoms with van der Waals surface area (Å²) in [7, 11) is 0. The van der Waals surface area contributed by atoms with Crippen LogP contribution in [-0.2, 0) is 6.42 Å². The third kappa shape index (κ3) is 6.25. The van der Waals surface area contributed by atoms with Gasteiger partial charge in [-0.2, -0.15) is 10.4 Å². The lowest BCUT2D eigenvalue weighted by atomic mass is 10.1. The number of halogens is 1. The summed E-state index contributed by atoms with van der Waals surface area (Å²) < 4.78 is 0. The van der Waals surface area contributed by atoms with Crippen LogP contribution in [0.1, 0.15) is 56.2 Å². The first kappa shape index (κ1) is 19.5. The van der Waals surface area contributed by atoms with E-state index in [-0.39, 0.29) is 29.8 Å². The summed E-state index contributed by atoms with van der Waals surface area (Å²) in [6.07, 6.45) is 9.01. The Balaban J connectivity index is 0.00000264. The Kier molecular flexibility index (Phi) is 8.76. The second-order valence-corrected chi connectivity index (χ2v) is 5.78. The molecule has 8 heteroatoms. The summed E-state index contributed by atoms with van der Waals surface area (Å²) in [5.74, 6) is 0.784. The van der Waals surface area contributed by atoms with Crippen molar-refractivity contribution in [2.24, 2.45) is 10.7 Å². The highest BCUT2D eigenvalue weighted by atomic mass is 127. The molecule has 1 aliphatic rings. The first-order valence-corrected chi connectivity index (χ1v) is 8.00. The third-order valence-corrected chi connectivity index (χ3v) is 4.06. The number of anilines is 1. The number of aliphatic imine (C=N–C) groups is 1. The van der Waals surface area contributed by atoms with E-state index in [4.69, 9.17) is 16.7 Å². The Morgan fingerprint density at radius 2 is 2.04 bits per heavy atom. The molecule has 0 atom stereocenters. The van der Waals surface area contributed by atoms with Crippen molar-refractivity contribution >= 4 is 35.8 Å². The standard InChI is InChI=1S/C15H25N7.HI/c16-10-12-13(21-22-14(12)17)8-5-9-19-15(18)20-11-6-3-1-2-4-7-11;/h11H,1-9H2,(H3,17,21,22)(H3,18,19,20);1H. The van der Waals surface area contributed by atoms with Gasteiger partial charge in [0.1, 0.15) is 11.6 Å². The summed E-state index contributed by atoms with van der Waals surface area (Å²) in [6, 6.07) is 2.52. The van der Waals surface area contributed by atoms with Crippen molar-refractivity contribution in [1.29, 1.82) is 5.26 Å². The Morgan fingerprint density at radius 3 is 2.70 bits per heavy atom. The van der Waals surface area contributed by atoms with Gasteiger partial charge in [0.25, 0.3) is 0 Å². The number of nitrogens with one attached hydrogen (secondary N) is 2. The number of aromatic nitrogens is 2. The number of aryl methyl sites for hydroxylation is 1. The van der Waals surface area contributed by atoms with E-state index in [2.05, 4.69) is 26.6 Å². The highest BCUT2D eigenvalue weighted by Crippen LogP contribution is 2.17. The second-order valence-electron chi connectivity index (χ2n) is 5.78. The minimum atomic E-state index is 0. The predicted molar refractivity (Wildman–Crippen MR) is 103 cm³/mol. The summed E-state index contributed by atoms with van der Waals surface area (Å²) >= 11 is 0. The van der Waals surface area contributed by atoms with Crippen LogP contribution in [0.15, 0.2) is 4.99 Å². The van der Waals surface area contributed by atoms with Gasteiger partial charge in [0.05, 0.1) is 5.69 Å². The van der Waals surface area contributed by atoms with Gasteiger partial charge in [-0.25, -0.2) is 0 Å². The Labute approximate surface area is 154 Å². The fraction of sp³-hybridized carbons (Fsp3) is 0.667. The zero-order valence-corrected chi connectivity index (χ0v) is 15.7. The fourth-order valence-electron chi connectivity index (χ4n) is 2.83. The molecular formula is C15H26IN7. The first-order valence-electron chi connectivity index (χ1n) is 8.00. The molecular weight excluding hydrogens is 405 g/mol. The summed E-state index contributed by atoms with van der Waals surface area (Å²) in [4.78, 5) is 4.36. The lowest BCUT2D eigenvalue weighted by molar-refractivity contribution is 0.530. The highest BCUT2D eigenvalue weighted by Gasteiger charge is 2.12. The Morgan fingerprint density at radius 1 is 1.35 bits per heavy atom. The molecule has 0 aliphatic heterocycles. The first-order chi connectivity index (χ1) is 10.7. The largest absolute Gasteiger partial charge is 0.381 e. The van der Waals surface area contributed by atoms with Gasteiger partial charge in [-0.1, -0.05) is 25.7 Å². The van der Waals surface area contributed by atoms with Crippen LogP contribution in [0.3, 0.4) is 0 Å². The van der Waals surface area contributed by atoms with E-state index in [1.54, 1.807) is 0 Å². The molecule has 0 unspecified atom stereocenters. The van der Waals surface area contributed by atoms with Crippen LogP contribution in [0.4, 0.5) is 5.82 Å². The summed E-state index contributed by atoms with van der Waals surface area (Å²) in [5, 5.41) is 18.9. The maximum atomic E-state index is 8.99. The SMILES string of the molecule is I.N#Cc1c(N)n[nH]c1CCCN=C(N)NC1CCCCCC1. The van der Waals surface area contributed by atoms with E-state index in [1.165, 1.54) is 38.5 Å². The Bertz CT molecular complexity index is 539. The molecule has 1 fully saturated rings. The molecule has 7 nitrogen and oxygen atoms in total. The molecule has 0 radical (unpaired) electrons. The molecule has 0 aromatic carbocycles. The molecule has 1 aromatic rings. The van der Waals surface area contributed by atoms with Gasteiger partial charge >= 0.3 is 0 Å². The van der Waals surface area contributed by atoms with Gasteiger partial charge < -0.3 is 16.8 Å². The third-order valence-electron chi connectivity index (χ3n) is 4.06. The molecule has 1 heterocycles. The number of hydrogen-bond donors (Lipinski definition) is 4. The molecule has 0 saturated heterocycles. The number of hydrogen-bond acceptors (Lipinski definition) is 4. The van der Waals surface area contributed by atoms with E-state index in [0.29, 0.717) is 30.5 Å². The van der Waals surface area contributed by atoms with E-state index in [0.717, 1.165) is 12.1 Å². The number of aromatic amines is 1. The minimum absolute atomic E-state index is 0. The van der Waals surface area contributed by atoms with Crippen LogP contribution in [0.2, 0.25) is 0 Å². The maximum Gasteiger partial charge on any atom is 0.188 e. The predicted octanol–water partition coefficient (Wildman–Crippen LogP) is 2.04. The van der Waals surface area contributed by atoms with Gasteiger partial charge in [0.2, 0.25) is 0 Å². The van der Waals surface area contributed by atoms with Crippen molar-refractivity contribution in [3.05, 3.63) is 11.3 Å². The van der Waals surface area contributed by atoms with E-state index < -0.39 is 0 Å². The fourth-order valence-corrected chi connectivity index (χ4v) is 2.83. The average molecular weight is 431 g/mol. The zero-order chi connectivity index (χ0) is 15.8. The molecule has 128 valence electrons. The number of rotatable bonds is 5. The van der Waals surface area contributed by atoms with Crippen LogP contribution in [-0.4, -0.2) is 28.7 Å². The molecule has 1 aliphatic carbocycles. The monoisotopic (exact) mass is 431 g/mol. The molecule has 1 aromatic heterocycles. The zero-order valence-electron chi connectivity index (χ0n) is 13.3. The van der Waals surface area contributed by atoms with E-state index in [1.807, 2.05) is 0 Å². The van der Waals surface area contributed by atoms with Crippen LogP contribution >= 0.6 is 24.0 Å². The van der Waals surface area contributed by atoms with Crippen LogP contribution in [0.25, 0.3) is 0 Å². The van der Waals surface area contributed by atoms with Gasteiger partial charge in [0, 0.05) is 12.6 Å². The molecule has 0 spiro atoms. The van der Waals surface area contributed by atoms with Crippen molar-refractivity contribution in [1.82, 2.24) is 15.5 Å². The lowest BCUT2D eigenvalue weighted by Crippen LogP contribution is -2.39. The summed E-state index contributed by atoms with van der Waals surface area (Å²) in [6.45, 7) is 0.620. The number of H-pyrrole nitrogens is 1. The van der Waals surface area contributed by atoms with Crippen molar-refractivity contribution in [3.63, 3.8) is 0 Å². The molecule has 1 saturated carbocycles. The average Bonchev–Trinajstić information content (AvgIpc) is 2.70. The van der Waals surface area contributed by atoms with Gasteiger partial charge in [0.15, 0.2) is 11.8 Å². The molecule has 23 heavy (non-hydrogen) atoms. The molecule has 6 N–H and O–H groups in total. The number of guanidine groups is 1. The lowest BCUT2D eigenvalue weighted by Gasteiger charge is -2.16. The topological polar surface area (TPSA) is 129 Å². The highest BCUT2D eigenvalue weighted by molar-refractivity contribution is 14.0. The maximum absolute atomic E-state index is 8.99. The van der Waals surface area contributed by atoms with Crippen molar-refractivity contribution in [3.8, 4) is 6.07 Å². The normalized spacial score (nSPS) is 16.2. The molecule has 0 amide bonds. The number of nitriles is 1. The van der Waals surface area contributed by atoms with Crippen LogP contribution < -0.4 is 16.8 Å². The minimum Gasteiger partial charge on any atom is -0.381 e. The van der Waals surface area contributed by atoms with E-state index in [9.17, 15) is 0 Å². The van der Waals surface area contributed by atoms with Gasteiger partial charge in [-0.15, -0.1) is 24.0 Å². The van der Waals surface area contributed by atoms with Crippen molar-refractivity contribution < 1.29 is 0 Å². The van der Waals surface area contributed by atoms with Crippen LogP contribution in [0, 0.1) is 11.3 Å². The number of nitrogen functional groups attached to an aromatic ring is 1. The quantitative estimate of drug-likeness (QED) is 0.186. The van der Waals surface area contributed by atoms with E-state index >= 15 is 0 Å². The van der Waals surface area contributed by atoms with Crippen molar-refractivity contribution in [2.75, 3.05) is 12.3 Å². The van der Waals surface area contributed by atoms with Crippen molar-refractivity contribution in [2.45, 2.75) is 57.4 Å². The smallest absolute Gasteiger partial charge is 0.188 e. The van der Waals surface area contributed by atoms with Gasteiger partial charge in [-0.3, -0.25) is 10.1 Å². The second kappa shape index (κ2) is 10.3. The van der Waals surface area contributed by atoms with Gasteiger partial charge in [-0.05, 0) is 25.7 Å². The van der Waals surface area contributed by atoms with Crippen LogP contribution in [0.5, 0.6) is 0 Å².